The van der Waals surface area contributed by atoms with Crippen molar-refractivity contribution in [1.29, 1.82) is 0 Å². The summed E-state index contributed by atoms with van der Waals surface area (Å²) in [6.07, 6.45) is 1.61. The normalized spacial score (nSPS) is 28.4. The fourth-order valence-electron chi connectivity index (χ4n) is 3.53. The molecule has 2 unspecified atom stereocenters. The van der Waals surface area contributed by atoms with Crippen LogP contribution in [0.1, 0.15) is 33.6 Å². The monoisotopic (exact) mass is 347 g/mol. The van der Waals surface area contributed by atoms with Gasteiger partial charge in [0.1, 0.15) is 0 Å². The highest BCUT2D eigenvalue weighted by Gasteiger charge is 2.43. The van der Waals surface area contributed by atoms with Gasteiger partial charge in [-0.25, -0.2) is 0 Å². The minimum absolute atomic E-state index is 0.110. The van der Waals surface area contributed by atoms with Crippen LogP contribution in [-0.2, 0) is 19.7 Å². The van der Waals surface area contributed by atoms with E-state index in [0.29, 0.717) is 32.1 Å². The molecule has 0 aromatic rings. The van der Waals surface area contributed by atoms with E-state index >= 15 is 0 Å². The molecule has 0 aromatic heterocycles. The molecule has 1 amide bonds. The van der Waals surface area contributed by atoms with Gasteiger partial charge in [-0.3, -0.25) is 4.79 Å². The minimum Gasteiger partial charge on any atom is -0.381 e. The van der Waals surface area contributed by atoms with Gasteiger partial charge in [0.2, 0.25) is 5.91 Å². The fraction of sp³-hybridized carbons (Fsp3) is 0.933. The molecule has 7 nitrogen and oxygen atoms in total. The summed E-state index contributed by atoms with van der Waals surface area (Å²) in [5.74, 6) is 0.345. The maximum atomic E-state index is 12.9. The molecule has 0 bridgehead atoms. The van der Waals surface area contributed by atoms with Crippen LogP contribution >= 0.6 is 0 Å². The van der Waals surface area contributed by atoms with Crippen LogP contribution in [0.25, 0.3) is 0 Å². The third kappa shape index (κ3) is 4.23. The van der Waals surface area contributed by atoms with Gasteiger partial charge in [-0.1, -0.05) is 13.8 Å². The van der Waals surface area contributed by atoms with E-state index in [4.69, 9.17) is 4.74 Å². The lowest BCUT2D eigenvalue weighted by molar-refractivity contribution is -0.119. The van der Waals surface area contributed by atoms with Gasteiger partial charge in [0.15, 0.2) is 0 Å². The van der Waals surface area contributed by atoms with Crippen molar-refractivity contribution in [2.24, 2.45) is 11.8 Å². The summed E-state index contributed by atoms with van der Waals surface area (Å²) in [4.78, 5) is 11.4. The van der Waals surface area contributed by atoms with Crippen molar-refractivity contribution >= 4 is 16.1 Å². The van der Waals surface area contributed by atoms with Crippen LogP contribution in [-0.4, -0.2) is 68.4 Å². The van der Waals surface area contributed by atoms with Crippen molar-refractivity contribution in [3.63, 3.8) is 0 Å². The number of carbonyl (C=O) groups is 1. The first kappa shape index (κ1) is 18.6. The summed E-state index contributed by atoms with van der Waals surface area (Å²) in [6.45, 7) is 7.43. The van der Waals surface area contributed by atoms with Crippen LogP contribution < -0.4 is 5.32 Å². The van der Waals surface area contributed by atoms with Gasteiger partial charge in [-0.2, -0.15) is 17.0 Å². The zero-order chi connectivity index (χ0) is 17.2. The minimum atomic E-state index is -3.47. The van der Waals surface area contributed by atoms with Crippen molar-refractivity contribution in [3.8, 4) is 0 Å². The molecule has 23 heavy (non-hydrogen) atoms. The SMILES string of the molecule is COC1CCN(S(=O)(=O)N2CC(NC(C)=O)C(C(C)C)C2)CC1. The first-order chi connectivity index (χ1) is 10.8. The number of nitrogens with zero attached hydrogens (tertiary/aromatic N) is 2. The lowest BCUT2D eigenvalue weighted by Crippen LogP contribution is -2.48. The summed E-state index contributed by atoms with van der Waals surface area (Å²) >= 11 is 0. The van der Waals surface area contributed by atoms with Crippen molar-refractivity contribution in [2.75, 3.05) is 33.3 Å². The Morgan fingerprint density at radius 2 is 1.78 bits per heavy atom. The van der Waals surface area contributed by atoms with E-state index in [-0.39, 0.29) is 24.0 Å². The number of amides is 1. The molecule has 2 aliphatic heterocycles. The summed E-state index contributed by atoms with van der Waals surface area (Å²) in [5.41, 5.74) is 0. The molecule has 0 radical (unpaired) electrons. The number of hydrogen-bond donors (Lipinski definition) is 1. The molecule has 8 heteroatoms. The average Bonchev–Trinajstić information content (AvgIpc) is 2.91. The Morgan fingerprint density at radius 3 is 2.26 bits per heavy atom. The molecule has 2 heterocycles. The zero-order valence-corrected chi connectivity index (χ0v) is 15.3. The van der Waals surface area contributed by atoms with Crippen molar-refractivity contribution < 1.29 is 17.9 Å². The Labute approximate surface area is 139 Å². The van der Waals surface area contributed by atoms with E-state index in [1.807, 2.05) is 0 Å². The number of rotatable bonds is 5. The van der Waals surface area contributed by atoms with Gasteiger partial charge in [-0.15, -0.1) is 0 Å². The summed E-state index contributed by atoms with van der Waals surface area (Å²) < 4.78 is 34.2. The third-order valence-electron chi connectivity index (χ3n) is 4.96. The van der Waals surface area contributed by atoms with Crippen LogP contribution in [0, 0.1) is 11.8 Å². The summed E-state index contributed by atoms with van der Waals surface area (Å²) in [5, 5.41) is 2.91. The van der Waals surface area contributed by atoms with E-state index in [0.717, 1.165) is 12.8 Å². The quantitative estimate of drug-likeness (QED) is 0.782. The smallest absolute Gasteiger partial charge is 0.282 e. The van der Waals surface area contributed by atoms with E-state index in [1.54, 1.807) is 11.4 Å². The molecular weight excluding hydrogens is 318 g/mol. The molecule has 134 valence electrons. The van der Waals surface area contributed by atoms with Gasteiger partial charge in [0.25, 0.3) is 10.2 Å². The second-order valence-electron chi connectivity index (χ2n) is 6.87. The molecule has 0 spiro atoms. The Kier molecular flexibility index (Phi) is 6.05. The number of ether oxygens (including phenoxy) is 1. The predicted octanol–water partition coefficient (Wildman–Crippen LogP) is 0.435. The molecular formula is C15H29N3O4S. The zero-order valence-electron chi connectivity index (χ0n) is 14.5. The maximum absolute atomic E-state index is 12.9. The van der Waals surface area contributed by atoms with Crippen LogP contribution in [0.15, 0.2) is 0 Å². The summed E-state index contributed by atoms with van der Waals surface area (Å²) in [6, 6.07) is -0.112. The molecule has 2 rings (SSSR count). The number of hydrogen-bond acceptors (Lipinski definition) is 4. The van der Waals surface area contributed by atoms with Crippen molar-refractivity contribution in [2.45, 2.75) is 45.8 Å². The maximum Gasteiger partial charge on any atom is 0.282 e. The fourth-order valence-corrected chi connectivity index (χ4v) is 5.24. The molecule has 2 aliphatic rings. The highest BCUT2D eigenvalue weighted by atomic mass is 32.2. The molecule has 2 atom stereocenters. The van der Waals surface area contributed by atoms with Crippen LogP contribution in [0.5, 0.6) is 0 Å². The number of carbonyl (C=O) groups excluding carboxylic acids is 1. The van der Waals surface area contributed by atoms with Crippen molar-refractivity contribution in [1.82, 2.24) is 13.9 Å². The first-order valence-corrected chi connectivity index (χ1v) is 9.70. The van der Waals surface area contributed by atoms with Crippen LogP contribution in [0.4, 0.5) is 0 Å². The Balaban J connectivity index is 2.07. The number of piperidine rings is 1. The highest BCUT2D eigenvalue weighted by Crippen LogP contribution is 2.29. The summed E-state index contributed by atoms with van der Waals surface area (Å²) in [7, 11) is -1.80. The van der Waals surface area contributed by atoms with E-state index in [2.05, 4.69) is 19.2 Å². The molecule has 0 aromatic carbocycles. The molecule has 2 saturated heterocycles. The molecule has 0 aliphatic carbocycles. The lowest BCUT2D eigenvalue weighted by Gasteiger charge is -2.33. The third-order valence-corrected chi connectivity index (χ3v) is 6.93. The first-order valence-electron chi connectivity index (χ1n) is 8.30. The molecule has 1 N–H and O–H groups in total. The number of methoxy groups -OCH3 is 1. The largest absolute Gasteiger partial charge is 0.381 e. The topological polar surface area (TPSA) is 79.0 Å². The van der Waals surface area contributed by atoms with Gasteiger partial charge < -0.3 is 10.1 Å². The van der Waals surface area contributed by atoms with Gasteiger partial charge >= 0.3 is 0 Å². The van der Waals surface area contributed by atoms with Gasteiger partial charge in [0.05, 0.1) is 6.10 Å². The van der Waals surface area contributed by atoms with Crippen LogP contribution in [0.2, 0.25) is 0 Å². The highest BCUT2D eigenvalue weighted by molar-refractivity contribution is 7.86. The Bertz CT molecular complexity index is 515. The standard InChI is InChI=1S/C15H29N3O4S/c1-11(2)14-9-18(10-15(14)16-12(3)19)23(20,21)17-7-5-13(22-4)6-8-17/h11,13-15H,5-10H2,1-4H3,(H,16,19). The predicted molar refractivity (Wildman–Crippen MR) is 88.0 cm³/mol. The average molecular weight is 347 g/mol. The van der Waals surface area contributed by atoms with E-state index in [9.17, 15) is 13.2 Å². The van der Waals surface area contributed by atoms with E-state index in [1.165, 1.54) is 11.2 Å². The molecule has 2 fully saturated rings. The van der Waals surface area contributed by atoms with E-state index < -0.39 is 10.2 Å². The second kappa shape index (κ2) is 7.46. The van der Waals surface area contributed by atoms with Gasteiger partial charge in [0, 0.05) is 46.3 Å². The van der Waals surface area contributed by atoms with Crippen LogP contribution in [0.3, 0.4) is 0 Å². The second-order valence-corrected chi connectivity index (χ2v) is 8.80. The van der Waals surface area contributed by atoms with Crippen molar-refractivity contribution in [3.05, 3.63) is 0 Å². The Hall–Kier alpha value is -0.700. The number of nitrogens with one attached hydrogen (secondary N) is 1. The molecule has 0 saturated carbocycles. The van der Waals surface area contributed by atoms with Gasteiger partial charge in [-0.05, 0) is 24.7 Å². The lowest BCUT2D eigenvalue weighted by atomic mass is 9.91. The Morgan fingerprint density at radius 1 is 1.17 bits per heavy atom.